The molecule has 0 aliphatic heterocycles. The van der Waals surface area contributed by atoms with Gasteiger partial charge in [-0.1, -0.05) is 152 Å². The van der Waals surface area contributed by atoms with Crippen LogP contribution in [0.3, 0.4) is 0 Å². The largest absolute Gasteiger partial charge is 0.310 e. The standard InChI is InChI=1S/C51H34N6/c1-6-20-35(21-7-1)49-52-50(36-22-8-2-9-23-36)54-51(53-49)57-44-33-19-17-31-41(44)46-45(55(37-24-10-3-11-25-37)38-26-12-4-13-27-38)34-42-40-30-16-18-32-43(40)56(47(42)48(46)57)39-28-14-5-15-29-39/h1-34H. The topological polar surface area (TPSA) is 51.8 Å². The molecule has 0 spiro atoms. The fourth-order valence-electron chi connectivity index (χ4n) is 8.28. The molecule has 6 nitrogen and oxygen atoms in total. The van der Waals surface area contributed by atoms with Gasteiger partial charge in [-0.15, -0.1) is 0 Å². The normalized spacial score (nSPS) is 11.5. The molecule has 6 heteroatoms. The van der Waals surface area contributed by atoms with Gasteiger partial charge in [-0.2, -0.15) is 9.97 Å². The van der Waals surface area contributed by atoms with Crippen LogP contribution in [0, 0.1) is 0 Å². The maximum atomic E-state index is 5.34. The summed E-state index contributed by atoms with van der Waals surface area (Å²) < 4.78 is 4.67. The molecule has 0 aliphatic carbocycles. The van der Waals surface area contributed by atoms with E-state index in [1.54, 1.807) is 0 Å². The van der Waals surface area contributed by atoms with Gasteiger partial charge in [-0.3, -0.25) is 4.57 Å². The highest BCUT2D eigenvalue weighted by Crippen LogP contribution is 2.49. The molecule has 3 heterocycles. The average molecular weight is 731 g/mol. The van der Waals surface area contributed by atoms with Crippen LogP contribution in [0.4, 0.5) is 17.1 Å². The van der Waals surface area contributed by atoms with Crippen molar-refractivity contribution >= 4 is 60.7 Å². The highest BCUT2D eigenvalue weighted by molar-refractivity contribution is 6.28. The van der Waals surface area contributed by atoms with Crippen molar-refractivity contribution in [1.82, 2.24) is 24.1 Å². The number of fused-ring (bicyclic) bond motifs is 7. The molecule has 0 unspecified atom stereocenters. The van der Waals surface area contributed by atoms with Crippen LogP contribution < -0.4 is 4.90 Å². The van der Waals surface area contributed by atoms with E-state index >= 15 is 0 Å². The predicted molar refractivity (Wildman–Crippen MR) is 234 cm³/mol. The van der Waals surface area contributed by atoms with Crippen molar-refractivity contribution in [2.45, 2.75) is 0 Å². The van der Waals surface area contributed by atoms with E-state index in [2.05, 4.69) is 184 Å². The van der Waals surface area contributed by atoms with Crippen LogP contribution in [0.1, 0.15) is 0 Å². The van der Waals surface area contributed by atoms with Crippen LogP contribution in [-0.4, -0.2) is 24.1 Å². The fourth-order valence-corrected chi connectivity index (χ4v) is 8.28. The molecule has 0 fully saturated rings. The van der Waals surface area contributed by atoms with Crippen molar-refractivity contribution < 1.29 is 0 Å². The van der Waals surface area contributed by atoms with Crippen LogP contribution in [0.5, 0.6) is 0 Å². The minimum absolute atomic E-state index is 0.545. The minimum Gasteiger partial charge on any atom is -0.310 e. The van der Waals surface area contributed by atoms with E-state index in [0.717, 1.165) is 77.5 Å². The molecule has 3 aromatic heterocycles. The molecule has 0 amide bonds. The maximum absolute atomic E-state index is 5.34. The van der Waals surface area contributed by atoms with Gasteiger partial charge >= 0.3 is 0 Å². The summed E-state index contributed by atoms with van der Waals surface area (Å²) in [6.45, 7) is 0. The Balaban J connectivity index is 1.37. The van der Waals surface area contributed by atoms with E-state index in [-0.39, 0.29) is 0 Å². The van der Waals surface area contributed by atoms with Crippen LogP contribution >= 0.6 is 0 Å². The Morgan fingerprint density at radius 1 is 0.368 bits per heavy atom. The number of hydrogen-bond donors (Lipinski definition) is 0. The summed E-state index contributed by atoms with van der Waals surface area (Å²) in [5, 5.41) is 4.46. The Morgan fingerprint density at radius 2 is 0.825 bits per heavy atom. The summed E-state index contributed by atoms with van der Waals surface area (Å²) in [5.74, 6) is 1.76. The average Bonchev–Trinajstić information content (AvgIpc) is 3.81. The molecule has 0 bridgehead atoms. The number of benzene rings is 8. The zero-order valence-electron chi connectivity index (χ0n) is 30.8. The van der Waals surface area contributed by atoms with Crippen LogP contribution in [0.2, 0.25) is 0 Å². The third-order valence-corrected chi connectivity index (χ3v) is 10.7. The SMILES string of the molecule is c1ccc(-c2nc(-c3ccccc3)nc(-n3c4ccccc4c4c(N(c5ccccc5)c5ccccc5)cc5c6ccccc6n(-c6ccccc6)c5c43)n2)cc1. The van der Waals surface area contributed by atoms with Gasteiger partial charge in [0.05, 0.1) is 27.8 Å². The number of hydrogen-bond acceptors (Lipinski definition) is 4. The molecule has 57 heavy (non-hydrogen) atoms. The fraction of sp³-hybridized carbons (Fsp3) is 0. The maximum Gasteiger partial charge on any atom is 0.238 e. The predicted octanol–water partition coefficient (Wildman–Crippen LogP) is 12.9. The van der Waals surface area contributed by atoms with Gasteiger partial charge in [0.1, 0.15) is 0 Å². The van der Waals surface area contributed by atoms with Gasteiger partial charge in [0.15, 0.2) is 11.6 Å². The van der Waals surface area contributed by atoms with E-state index in [1.165, 1.54) is 0 Å². The van der Waals surface area contributed by atoms with Crippen LogP contribution in [0.25, 0.3) is 78.0 Å². The van der Waals surface area contributed by atoms with Crippen molar-refractivity contribution in [3.8, 4) is 34.4 Å². The van der Waals surface area contributed by atoms with Gasteiger partial charge in [0.25, 0.3) is 0 Å². The third-order valence-electron chi connectivity index (χ3n) is 10.7. The van der Waals surface area contributed by atoms with Gasteiger partial charge in [0, 0.05) is 49.7 Å². The molecule has 268 valence electrons. The number of nitrogens with zero attached hydrogens (tertiary/aromatic N) is 6. The molecule has 0 saturated heterocycles. The molecule has 0 atom stereocenters. The summed E-state index contributed by atoms with van der Waals surface area (Å²) in [6, 6.07) is 72.0. The number of para-hydroxylation sites is 5. The Hall–Kier alpha value is -7.83. The summed E-state index contributed by atoms with van der Waals surface area (Å²) >= 11 is 0. The Morgan fingerprint density at radius 3 is 1.39 bits per heavy atom. The Kier molecular flexibility index (Phi) is 7.71. The highest BCUT2D eigenvalue weighted by Gasteiger charge is 2.28. The zero-order chi connectivity index (χ0) is 37.7. The van der Waals surface area contributed by atoms with Crippen molar-refractivity contribution in [2.24, 2.45) is 0 Å². The Bertz CT molecular complexity index is 3120. The molecule has 11 aromatic rings. The highest BCUT2D eigenvalue weighted by atomic mass is 15.2. The summed E-state index contributed by atoms with van der Waals surface area (Å²) in [7, 11) is 0. The second-order valence-corrected chi connectivity index (χ2v) is 14.1. The number of rotatable bonds is 7. The number of aromatic nitrogens is 5. The first-order valence-corrected chi connectivity index (χ1v) is 19.1. The Labute approximate surface area is 329 Å². The van der Waals surface area contributed by atoms with Crippen molar-refractivity contribution in [3.63, 3.8) is 0 Å². The molecule has 11 rings (SSSR count). The summed E-state index contributed by atoms with van der Waals surface area (Å²) in [4.78, 5) is 18.2. The first-order chi connectivity index (χ1) is 28.3. The number of anilines is 3. The van der Waals surface area contributed by atoms with Gasteiger partial charge in [-0.25, -0.2) is 4.98 Å². The lowest BCUT2D eigenvalue weighted by Gasteiger charge is -2.27. The second kappa shape index (κ2) is 13.5. The van der Waals surface area contributed by atoms with Gasteiger partial charge < -0.3 is 9.47 Å². The molecular formula is C51H34N6. The van der Waals surface area contributed by atoms with E-state index in [0.29, 0.717) is 17.6 Å². The first-order valence-electron chi connectivity index (χ1n) is 19.1. The third kappa shape index (κ3) is 5.38. The molecule has 8 aromatic carbocycles. The lowest BCUT2D eigenvalue weighted by Crippen LogP contribution is -2.11. The van der Waals surface area contributed by atoms with E-state index in [4.69, 9.17) is 15.0 Å². The molecule has 0 N–H and O–H groups in total. The molecule has 0 aliphatic rings. The molecule has 0 saturated carbocycles. The minimum atomic E-state index is 0.545. The lowest BCUT2D eigenvalue weighted by atomic mass is 10.0. The quantitative estimate of drug-likeness (QED) is 0.164. The summed E-state index contributed by atoms with van der Waals surface area (Å²) in [6.07, 6.45) is 0. The van der Waals surface area contributed by atoms with Crippen LogP contribution in [-0.2, 0) is 0 Å². The lowest BCUT2D eigenvalue weighted by molar-refractivity contribution is 0.953. The van der Waals surface area contributed by atoms with Crippen molar-refractivity contribution in [2.75, 3.05) is 4.90 Å². The molecule has 0 radical (unpaired) electrons. The molecular weight excluding hydrogens is 697 g/mol. The van der Waals surface area contributed by atoms with E-state index < -0.39 is 0 Å². The summed E-state index contributed by atoms with van der Waals surface area (Å²) in [5.41, 5.74) is 10.3. The van der Waals surface area contributed by atoms with Gasteiger partial charge in [-0.05, 0) is 54.6 Å². The zero-order valence-corrected chi connectivity index (χ0v) is 30.8. The smallest absolute Gasteiger partial charge is 0.238 e. The monoisotopic (exact) mass is 730 g/mol. The second-order valence-electron chi connectivity index (χ2n) is 14.1. The van der Waals surface area contributed by atoms with E-state index in [9.17, 15) is 0 Å². The van der Waals surface area contributed by atoms with Crippen molar-refractivity contribution in [3.05, 3.63) is 206 Å². The van der Waals surface area contributed by atoms with Gasteiger partial charge in [0.2, 0.25) is 5.95 Å². The first kappa shape index (κ1) is 32.6. The van der Waals surface area contributed by atoms with Crippen LogP contribution in [0.15, 0.2) is 206 Å². The van der Waals surface area contributed by atoms with E-state index in [1.807, 2.05) is 36.4 Å². The van der Waals surface area contributed by atoms with Crippen molar-refractivity contribution in [1.29, 1.82) is 0 Å².